The SMILES string of the molecule is C=C1NC(=O)[C@H](Cc2c[nH]c3ccccc23)N2C(=O)c3ccccc3N[C@@H]12. The summed E-state index contributed by atoms with van der Waals surface area (Å²) in [5.41, 5.74) is 3.83. The van der Waals surface area contributed by atoms with E-state index in [1.54, 1.807) is 11.0 Å². The first-order valence-electron chi connectivity index (χ1n) is 8.86. The molecule has 2 atom stereocenters. The van der Waals surface area contributed by atoms with Crippen molar-refractivity contribution in [2.75, 3.05) is 5.32 Å². The molecule has 134 valence electrons. The Labute approximate surface area is 155 Å². The number of rotatable bonds is 2. The smallest absolute Gasteiger partial charge is 0.258 e. The predicted molar refractivity (Wildman–Crippen MR) is 103 cm³/mol. The number of piperazine rings is 1. The molecule has 3 aromatic rings. The monoisotopic (exact) mass is 358 g/mol. The van der Waals surface area contributed by atoms with E-state index in [0.29, 0.717) is 17.7 Å². The summed E-state index contributed by atoms with van der Waals surface area (Å²) in [4.78, 5) is 30.8. The number of anilines is 1. The van der Waals surface area contributed by atoms with Crippen LogP contribution < -0.4 is 10.6 Å². The summed E-state index contributed by atoms with van der Waals surface area (Å²) in [7, 11) is 0. The van der Waals surface area contributed by atoms with Crippen LogP contribution in [0.2, 0.25) is 0 Å². The van der Waals surface area contributed by atoms with Crippen molar-refractivity contribution in [3.8, 4) is 0 Å². The molecule has 3 heterocycles. The van der Waals surface area contributed by atoms with E-state index in [2.05, 4.69) is 22.2 Å². The molecule has 1 fully saturated rings. The van der Waals surface area contributed by atoms with Crippen LogP contribution in [0, 0.1) is 0 Å². The molecule has 0 unspecified atom stereocenters. The van der Waals surface area contributed by atoms with Gasteiger partial charge in [0, 0.05) is 29.2 Å². The third-order valence-electron chi connectivity index (χ3n) is 5.30. The first kappa shape index (κ1) is 15.7. The van der Waals surface area contributed by atoms with Crippen LogP contribution in [0.1, 0.15) is 15.9 Å². The number of para-hydroxylation sites is 2. The van der Waals surface area contributed by atoms with Crippen molar-refractivity contribution in [1.29, 1.82) is 0 Å². The number of carbonyl (C=O) groups is 2. The first-order chi connectivity index (χ1) is 13.1. The van der Waals surface area contributed by atoms with Gasteiger partial charge in [0.1, 0.15) is 12.2 Å². The van der Waals surface area contributed by atoms with Gasteiger partial charge < -0.3 is 20.5 Å². The molecule has 0 radical (unpaired) electrons. The Morgan fingerprint density at radius 3 is 2.70 bits per heavy atom. The standard InChI is InChI=1S/C21H18N4O2/c1-12-19-24-17-9-5-3-7-15(17)21(27)25(19)18(20(26)23-12)10-13-11-22-16-8-4-2-6-14(13)16/h2-9,11,18-19,22,24H,1,10H2,(H,23,26)/t18-,19+/m0/s1. The van der Waals surface area contributed by atoms with E-state index >= 15 is 0 Å². The fourth-order valence-electron chi connectivity index (χ4n) is 3.98. The molecule has 2 aliphatic rings. The molecule has 6 nitrogen and oxygen atoms in total. The molecule has 0 bridgehead atoms. The van der Waals surface area contributed by atoms with Gasteiger partial charge in [0.2, 0.25) is 5.91 Å². The minimum Gasteiger partial charge on any atom is -0.361 e. The molecule has 2 amide bonds. The zero-order chi connectivity index (χ0) is 18.5. The maximum absolute atomic E-state index is 13.2. The minimum absolute atomic E-state index is 0.157. The topological polar surface area (TPSA) is 77.2 Å². The zero-order valence-corrected chi connectivity index (χ0v) is 14.5. The number of H-pyrrole nitrogens is 1. The quantitative estimate of drug-likeness (QED) is 0.659. The molecule has 6 heteroatoms. The van der Waals surface area contributed by atoms with Crippen LogP contribution in [0.3, 0.4) is 0 Å². The van der Waals surface area contributed by atoms with Crippen LogP contribution in [0.25, 0.3) is 10.9 Å². The molecular weight excluding hydrogens is 340 g/mol. The number of amides is 2. The molecule has 0 aliphatic carbocycles. The Kier molecular flexibility index (Phi) is 3.33. The molecule has 0 spiro atoms. The van der Waals surface area contributed by atoms with Crippen molar-refractivity contribution in [2.45, 2.75) is 18.6 Å². The lowest BCUT2D eigenvalue weighted by atomic mass is 9.96. The molecule has 3 N–H and O–H groups in total. The van der Waals surface area contributed by atoms with E-state index in [1.807, 2.05) is 48.7 Å². The number of aromatic amines is 1. The Balaban J connectivity index is 1.56. The van der Waals surface area contributed by atoms with E-state index in [1.165, 1.54) is 0 Å². The van der Waals surface area contributed by atoms with Crippen LogP contribution in [0.5, 0.6) is 0 Å². The van der Waals surface area contributed by atoms with Gasteiger partial charge in [0.25, 0.3) is 5.91 Å². The molecule has 1 saturated heterocycles. The second-order valence-corrected chi connectivity index (χ2v) is 6.90. The number of aromatic nitrogens is 1. The number of hydrogen-bond donors (Lipinski definition) is 3. The summed E-state index contributed by atoms with van der Waals surface area (Å²) in [6, 6.07) is 14.7. The normalized spacial score (nSPS) is 21.5. The van der Waals surface area contributed by atoms with Gasteiger partial charge in [-0.1, -0.05) is 36.9 Å². The van der Waals surface area contributed by atoms with Gasteiger partial charge in [-0.15, -0.1) is 0 Å². The average Bonchev–Trinajstić information content (AvgIpc) is 3.08. The van der Waals surface area contributed by atoms with Crippen molar-refractivity contribution in [3.63, 3.8) is 0 Å². The predicted octanol–water partition coefficient (Wildman–Crippen LogP) is 2.62. The van der Waals surface area contributed by atoms with Crippen LogP contribution in [-0.2, 0) is 11.2 Å². The van der Waals surface area contributed by atoms with Crippen molar-refractivity contribution >= 4 is 28.4 Å². The summed E-state index contributed by atoms with van der Waals surface area (Å²) < 4.78 is 0. The first-order valence-corrected chi connectivity index (χ1v) is 8.86. The largest absolute Gasteiger partial charge is 0.361 e. The molecule has 2 aliphatic heterocycles. The van der Waals surface area contributed by atoms with E-state index in [-0.39, 0.29) is 11.8 Å². The van der Waals surface area contributed by atoms with E-state index in [4.69, 9.17) is 0 Å². The van der Waals surface area contributed by atoms with Gasteiger partial charge in [0.15, 0.2) is 0 Å². The van der Waals surface area contributed by atoms with E-state index in [0.717, 1.165) is 22.2 Å². The van der Waals surface area contributed by atoms with Gasteiger partial charge in [-0.25, -0.2) is 0 Å². The van der Waals surface area contributed by atoms with Gasteiger partial charge in [-0.3, -0.25) is 9.59 Å². The Morgan fingerprint density at radius 2 is 1.81 bits per heavy atom. The number of nitrogens with zero attached hydrogens (tertiary/aromatic N) is 1. The lowest BCUT2D eigenvalue weighted by molar-refractivity contribution is -0.127. The third kappa shape index (κ3) is 2.33. The second-order valence-electron chi connectivity index (χ2n) is 6.90. The van der Waals surface area contributed by atoms with Crippen LogP contribution in [0.15, 0.2) is 67.0 Å². The summed E-state index contributed by atoms with van der Waals surface area (Å²) in [6.45, 7) is 3.94. The highest BCUT2D eigenvalue weighted by Gasteiger charge is 2.45. The highest BCUT2D eigenvalue weighted by Crippen LogP contribution is 2.32. The maximum atomic E-state index is 13.2. The molecular formula is C21H18N4O2. The van der Waals surface area contributed by atoms with Crippen molar-refractivity contribution < 1.29 is 9.59 Å². The van der Waals surface area contributed by atoms with Gasteiger partial charge in [-0.2, -0.15) is 0 Å². The van der Waals surface area contributed by atoms with Crippen LogP contribution in [-0.4, -0.2) is 33.9 Å². The molecule has 2 aromatic carbocycles. The van der Waals surface area contributed by atoms with Crippen molar-refractivity contribution in [1.82, 2.24) is 15.2 Å². The lowest BCUT2D eigenvalue weighted by Crippen LogP contribution is -2.65. The summed E-state index contributed by atoms with van der Waals surface area (Å²) in [6.07, 6.45) is 1.88. The number of benzene rings is 2. The fraction of sp³-hybridized carbons (Fsp3) is 0.143. The van der Waals surface area contributed by atoms with Gasteiger partial charge in [-0.05, 0) is 23.8 Å². The van der Waals surface area contributed by atoms with Crippen LogP contribution >= 0.6 is 0 Å². The van der Waals surface area contributed by atoms with Gasteiger partial charge >= 0.3 is 0 Å². The maximum Gasteiger partial charge on any atom is 0.258 e. The van der Waals surface area contributed by atoms with E-state index in [9.17, 15) is 9.59 Å². The molecule has 1 aromatic heterocycles. The number of nitrogens with one attached hydrogen (secondary N) is 3. The second kappa shape index (κ2) is 5.74. The fourth-order valence-corrected chi connectivity index (χ4v) is 3.98. The Bertz CT molecular complexity index is 1100. The van der Waals surface area contributed by atoms with Crippen molar-refractivity contribution in [3.05, 3.63) is 78.1 Å². The zero-order valence-electron chi connectivity index (χ0n) is 14.5. The summed E-state index contributed by atoms with van der Waals surface area (Å²) in [5.74, 6) is -0.369. The third-order valence-corrected chi connectivity index (χ3v) is 5.30. The average molecular weight is 358 g/mol. The van der Waals surface area contributed by atoms with Crippen molar-refractivity contribution in [2.24, 2.45) is 0 Å². The van der Waals surface area contributed by atoms with Crippen LogP contribution in [0.4, 0.5) is 5.69 Å². The van der Waals surface area contributed by atoms with Gasteiger partial charge in [0.05, 0.1) is 11.3 Å². The number of fused-ring (bicyclic) bond motifs is 3. The minimum atomic E-state index is -0.618. The molecule has 5 rings (SSSR count). The Morgan fingerprint density at radius 1 is 1.04 bits per heavy atom. The Hall–Kier alpha value is -3.54. The molecule has 27 heavy (non-hydrogen) atoms. The number of hydrogen-bond acceptors (Lipinski definition) is 3. The van der Waals surface area contributed by atoms with E-state index < -0.39 is 12.2 Å². The lowest BCUT2D eigenvalue weighted by Gasteiger charge is -2.46. The highest BCUT2D eigenvalue weighted by atomic mass is 16.2. The summed E-state index contributed by atoms with van der Waals surface area (Å²) in [5, 5.41) is 7.23. The highest BCUT2D eigenvalue weighted by molar-refractivity contribution is 6.05. The molecule has 0 saturated carbocycles. The number of carbonyl (C=O) groups excluding carboxylic acids is 2. The summed E-state index contributed by atoms with van der Waals surface area (Å²) >= 11 is 0.